The van der Waals surface area contributed by atoms with E-state index >= 15 is 0 Å². The largest absolute Gasteiger partial charge is 0.314 e. The molecule has 0 aromatic rings. The predicted octanol–water partition coefficient (Wildman–Crippen LogP) is 2.73. The molecule has 0 aliphatic heterocycles. The van der Waals surface area contributed by atoms with E-state index in [1.54, 1.807) is 0 Å². The van der Waals surface area contributed by atoms with Crippen LogP contribution in [-0.2, 0) is 0 Å². The topological polar surface area (TPSA) is 12.0 Å². The van der Waals surface area contributed by atoms with E-state index in [2.05, 4.69) is 39.9 Å². The minimum Gasteiger partial charge on any atom is -0.314 e. The molecule has 0 amide bonds. The summed E-state index contributed by atoms with van der Waals surface area (Å²) in [5.41, 5.74) is 2.97. The fourth-order valence-electron chi connectivity index (χ4n) is 1.08. The standard InChI is InChI=1S/C10H21N/c1-6-11-10(5)7-9(4)8(2)3/h10-11H,6-7H2,1-5H3. The quantitative estimate of drug-likeness (QED) is 0.615. The molecule has 1 heteroatoms. The molecular weight excluding hydrogens is 134 g/mol. The number of allylic oxidation sites excluding steroid dienone is 1. The maximum Gasteiger partial charge on any atom is 0.00757 e. The van der Waals surface area contributed by atoms with Crippen LogP contribution in [0, 0.1) is 0 Å². The molecule has 1 nitrogen and oxygen atoms in total. The van der Waals surface area contributed by atoms with Gasteiger partial charge >= 0.3 is 0 Å². The van der Waals surface area contributed by atoms with Crippen LogP contribution in [0.3, 0.4) is 0 Å². The van der Waals surface area contributed by atoms with Crippen LogP contribution in [0.25, 0.3) is 0 Å². The van der Waals surface area contributed by atoms with Crippen molar-refractivity contribution in [1.29, 1.82) is 0 Å². The minimum atomic E-state index is 0.620. The van der Waals surface area contributed by atoms with Gasteiger partial charge in [0.05, 0.1) is 0 Å². The maximum atomic E-state index is 3.40. The molecule has 0 aliphatic carbocycles. The maximum absolute atomic E-state index is 3.40. The number of rotatable bonds is 4. The Hall–Kier alpha value is -0.300. The molecule has 0 spiro atoms. The molecule has 0 heterocycles. The van der Waals surface area contributed by atoms with Crippen molar-refractivity contribution in [2.75, 3.05) is 6.54 Å². The van der Waals surface area contributed by atoms with E-state index in [4.69, 9.17) is 0 Å². The van der Waals surface area contributed by atoms with Gasteiger partial charge in [0, 0.05) is 6.04 Å². The molecule has 0 aromatic heterocycles. The van der Waals surface area contributed by atoms with Crippen molar-refractivity contribution in [3.8, 4) is 0 Å². The van der Waals surface area contributed by atoms with Crippen LogP contribution >= 0.6 is 0 Å². The SMILES string of the molecule is CCNC(C)CC(C)=C(C)C. The lowest BCUT2D eigenvalue weighted by Crippen LogP contribution is -2.25. The Morgan fingerprint density at radius 2 is 1.82 bits per heavy atom. The Morgan fingerprint density at radius 1 is 1.27 bits per heavy atom. The van der Waals surface area contributed by atoms with Gasteiger partial charge in [-0.1, -0.05) is 18.1 Å². The van der Waals surface area contributed by atoms with Crippen molar-refractivity contribution in [3.05, 3.63) is 11.1 Å². The van der Waals surface area contributed by atoms with Crippen LogP contribution in [0.5, 0.6) is 0 Å². The van der Waals surface area contributed by atoms with Crippen molar-refractivity contribution in [2.45, 2.75) is 47.1 Å². The highest BCUT2D eigenvalue weighted by atomic mass is 14.9. The van der Waals surface area contributed by atoms with E-state index in [-0.39, 0.29) is 0 Å². The molecule has 0 radical (unpaired) electrons. The normalized spacial score (nSPS) is 12.8. The summed E-state index contributed by atoms with van der Waals surface area (Å²) in [4.78, 5) is 0. The van der Waals surface area contributed by atoms with Crippen LogP contribution in [0.2, 0.25) is 0 Å². The first-order valence-electron chi connectivity index (χ1n) is 4.44. The van der Waals surface area contributed by atoms with E-state index in [1.807, 2.05) is 0 Å². The number of hydrogen-bond acceptors (Lipinski definition) is 1. The Kier molecular flexibility index (Phi) is 5.22. The summed E-state index contributed by atoms with van der Waals surface area (Å²) >= 11 is 0. The molecule has 1 N–H and O–H groups in total. The molecular formula is C10H21N. The summed E-state index contributed by atoms with van der Waals surface area (Å²) < 4.78 is 0. The molecule has 11 heavy (non-hydrogen) atoms. The van der Waals surface area contributed by atoms with Crippen LogP contribution in [0.15, 0.2) is 11.1 Å². The van der Waals surface area contributed by atoms with Crippen molar-refractivity contribution >= 4 is 0 Å². The monoisotopic (exact) mass is 155 g/mol. The lowest BCUT2D eigenvalue weighted by atomic mass is 10.1. The average Bonchev–Trinajstić information content (AvgIpc) is 1.87. The van der Waals surface area contributed by atoms with Crippen molar-refractivity contribution in [3.63, 3.8) is 0 Å². The Bertz CT molecular complexity index is 132. The third-order valence-corrected chi connectivity index (χ3v) is 2.02. The Labute approximate surface area is 70.9 Å². The van der Waals surface area contributed by atoms with E-state index in [0.29, 0.717) is 6.04 Å². The van der Waals surface area contributed by atoms with E-state index in [0.717, 1.165) is 6.54 Å². The van der Waals surface area contributed by atoms with Gasteiger partial charge in [-0.2, -0.15) is 0 Å². The lowest BCUT2D eigenvalue weighted by Gasteiger charge is -2.13. The van der Waals surface area contributed by atoms with Gasteiger partial charge in [-0.25, -0.2) is 0 Å². The highest BCUT2D eigenvalue weighted by Crippen LogP contribution is 2.09. The van der Waals surface area contributed by atoms with Gasteiger partial charge < -0.3 is 5.32 Å². The molecule has 0 saturated heterocycles. The molecule has 66 valence electrons. The summed E-state index contributed by atoms with van der Waals surface area (Å²) in [7, 11) is 0. The minimum absolute atomic E-state index is 0.620. The molecule has 0 rings (SSSR count). The fourth-order valence-corrected chi connectivity index (χ4v) is 1.08. The first-order valence-corrected chi connectivity index (χ1v) is 4.44. The lowest BCUT2D eigenvalue weighted by molar-refractivity contribution is 0.561. The highest BCUT2D eigenvalue weighted by Gasteiger charge is 2.00. The van der Waals surface area contributed by atoms with E-state index < -0.39 is 0 Å². The van der Waals surface area contributed by atoms with Crippen molar-refractivity contribution in [2.24, 2.45) is 0 Å². The summed E-state index contributed by atoms with van der Waals surface area (Å²) in [5, 5.41) is 3.40. The van der Waals surface area contributed by atoms with Gasteiger partial charge in [-0.15, -0.1) is 0 Å². The van der Waals surface area contributed by atoms with Gasteiger partial charge in [0.2, 0.25) is 0 Å². The molecule has 0 bridgehead atoms. The summed E-state index contributed by atoms with van der Waals surface area (Å²) in [6.07, 6.45) is 1.18. The summed E-state index contributed by atoms with van der Waals surface area (Å²) in [6.45, 7) is 12.0. The van der Waals surface area contributed by atoms with Crippen molar-refractivity contribution < 1.29 is 0 Å². The van der Waals surface area contributed by atoms with Crippen LogP contribution in [-0.4, -0.2) is 12.6 Å². The zero-order valence-corrected chi connectivity index (χ0v) is 8.49. The first kappa shape index (κ1) is 10.7. The van der Waals surface area contributed by atoms with Gasteiger partial charge in [-0.3, -0.25) is 0 Å². The second kappa shape index (κ2) is 5.36. The molecule has 0 saturated carbocycles. The zero-order valence-electron chi connectivity index (χ0n) is 8.49. The zero-order chi connectivity index (χ0) is 8.85. The number of nitrogens with one attached hydrogen (secondary N) is 1. The third-order valence-electron chi connectivity index (χ3n) is 2.02. The summed E-state index contributed by atoms with van der Waals surface area (Å²) in [5.74, 6) is 0. The van der Waals surface area contributed by atoms with Crippen LogP contribution in [0.4, 0.5) is 0 Å². The fraction of sp³-hybridized carbons (Fsp3) is 0.800. The molecule has 0 fully saturated rings. The Morgan fingerprint density at radius 3 is 2.18 bits per heavy atom. The average molecular weight is 155 g/mol. The van der Waals surface area contributed by atoms with Gasteiger partial charge in [0.1, 0.15) is 0 Å². The molecule has 1 atom stereocenters. The van der Waals surface area contributed by atoms with Crippen LogP contribution < -0.4 is 5.32 Å². The van der Waals surface area contributed by atoms with Gasteiger partial charge in [0.25, 0.3) is 0 Å². The predicted molar refractivity (Wildman–Crippen MR) is 51.8 cm³/mol. The second-order valence-electron chi connectivity index (χ2n) is 3.44. The highest BCUT2D eigenvalue weighted by molar-refractivity contribution is 5.07. The van der Waals surface area contributed by atoms with Crippen LogP contribution in [0.1, 0.15) is 41.0 Å². The van der Waals surface area contributed by atoms with E-state index in [9.17, 15) is 0 Å². The van der Waals surface area contributed by atoms with Crippen molar-refractivity contribution in [1.82, 2.24) is 5.32 Å². The molecule has 1 unspecified atom stereocenters. The Balaban J connectivity index is 3.75. The van der Waals surface area contributed by atoms with Gasteiger partial charge in [-0.05, 0) is 40.7 Å². The second-order valence-corrected chi connectivity index (χ2v) is 3.44. The first-order chi connectivity index (χ1) is 5.07. The van der Waals surface area contributed by atoms with E-state index in [1.165, 1.54) is 17.6 Å². The number of hydrogen-bond donors (Lipinski definition) is 1. The third kappa shape index (κ3) is 5.02. The smallest absolute Gasteiger partial charge is 0.00757 e. The summed E-state index contributed by atoms with van der Waals surface area (Å²) in [6, 6.07) is 0.620. The molecule has 0 aromatic carbocycles. The molecule has 0 aliphatic rings. The van der Waals surface area contributed by atoms with Gasteiger partial charge in [0.15, 0.2) is 0 Å².